The zero-order valence-electron chi connectivity index (χ0n) is 15.6. The summed E-state index contributed by atoms with van der Waals surface area (Å²) in [5.41, 5.74) is 1.00. The van der Waals surface area contributed by atoms with E-state index in [1.165, 1.54) is 0 Å². The van der Waals surface area contributed by atoms with Crippen molar-refractivity contribution in [2.45, 2.75) is 44.2 Å². The van der Waals surface area contributed by atoms with E-state index in [0.29, 0.717) is 32.7 Å². The summed E-state index contributed by atoms with van der Waals surface area (Å²) in [7, 11) is 1.67. The molecule has 3 rings (SSSR count). The highest BCUT2D eigenvalue weighted by molar-refractivity contribution is 5.80. The first kappa shape index (κ1) is 18.7. The van der Waals surface area contributed by atoms with Gasteiger partial charge in [-0.3, -0.25) is 4.79 Å². The van der Waals surface area contributed by atoms with Crippen molar-refractivity contribution in [3.8, 4) is 0 Å². The Morgan fingerprint density at radius 3 is 2.77 bits per heavy atom. The molecule has 1 spiro atoms. The van der Waals surface area contributed by atoms with Crippen molar-refractivity contribution in [2.75, 3.05) is 33.4 Å². The highest BCUT2D eigenvalue weighted by Gasteiger charge is 2.45. The lowest BCUT2D eigenvalue weighted by molar-refractivity contribution is -0.132. The number of ether oxygens (including phenoxy) is 1. The summed E-state index contributed by atoms with van der Waals surface area (Å²) in [5, 5.41) is 3.02. The number of rotatable bonds is 5. The highest BCUT2D eigenvalue weighted by atomic mass is 16.5. The smallest absolute Gasteiger partial charge is 0.317 e. The van der Waals surface area contributed by atoms with E-state index in [-0.39, 0.29) is 17.5 Å². The van der Waals surface area contributed by atoms with Crippen molar-refractivity contribution in [3.63, 3.8) is 0 Å². The molecule has 1 aromatic carbocycles. The molecular weight excluding hydrogens is 330 g/mol. The van der Waals surface area contributed by atoms with Crippen LogP contribution in [0.25, 0.3) is 0 Å². The van der Waals surface area contributed by atoms with Gasteiger partial charge < -0.3 is 19.9 Å². The number of urea groups is 1. The molecule has 142 valence electrons. The van der Waals surface area contributed by atoms with E-state index in [9.17, 15) is 9.59 Å². The Hall–Kier alpha value is -2.08. The molecule has 2 fully saturated rings. The van der Waals surface area contributed by atoms with E-state index in [0.717, 1.165) is 37.8 Å². The number of benzene rings is 1. The summed E-state index contributed by atoms with van der Waals surface area (Å²) in [4.78, 5) is 28.8. The minimum absolute atomic E-state index is 0.0151. The summed E-state index contributed by atoms with van der Waals surface area (Å²) < 4.78 is 5.18. The average Bonchev–Trinajstić information content (AvgIpc) is 2.83. The van der Waals surface area contributed by atoms with E-state index in [2.05, 4.69) is 5.32 Å². The number of nitrogens with one attached hydrogen (secondary N) is 1. The van der Waals surface area contributed by atoms with Crippen LogP contribution in [0.15, 0.2) is 30.3 Å². The number of hydrogen-bond donors (Lipinski definition) is 1. The lowest BCUT2D eigenvalue weighted by Gasteiger charge is -2.38. The molecule has 2 aliphatic heterocycles. The Kier molecular flexibility index (Phi) is 6.14. The minimum atomic E-state index is -0.0932. The van der Waals surface area contributed by atoms with Crippen LogP contribution in [-0.4, -0.2) is 60.6 Å². The van der Waals surface area contributed by atoms with Crippen molar-refractivity contribution in [1.29, 1.82) is 0 Å². The molecule has 0 radical (unpaired) electrons. The Balaban J connectivity index is 1.57. The molecule has 6 heteroatoms. The predicted octanol–water partition coefficient (Wildman–Crippen LogP) is 2.39. The first-order valence-electron chi connectivity index (χ1n) is 9.51. The van der Waals surface area contributed by atoms with Gasteiger partial charge in [-0.15, -0.1) is 0 Å². The van der Waals surface area contributed by atoms with Gasteiger partial charge in [0.1, 0.15) is 0 Å². The van der Waals surface area contributed by atoms with Crippen LogP contribution in [0.5, 0.6) is 0 Å². The SMILES string of the molecule is COCCN1C(=O)CC[C@@]12CCCN(C(=O)NCc1ccccc1)CC2. The number of nitrogens with zero attached hydrogens (tertiary/aromatic N) is 2. The van der Waals surface area contributed by atoms with Gasteiger partial charge in [0.15, 0.2) is 0 Å². The maximum Gasteiger partial charge on any atom is 0.317 e. The first-order chi connectivity index (χ1) is 12.6. The summed E-state index contributed by atoms with van der Waals surface area (Å²) >= 11 is 0. The first-order valence-corrected chi connectivity index (χ1v) is 9.51. The molecule has 26 heavy (non-hydrogen) atoms. The van der Waals surface area contributed by atoms with Gasteiger partial charge in [-0.2, -0.15) is 0 Å². The average molecular weight is 359 g/mol. The fraction of sp³-hybridized carbons (Fsp3) is 0.600. The second-order valence-corrected chi connectivity index (χ2v) is 7.25. The van der Waals surface area contributed by atoms with Crippen molar-refractivity contribution in [1.82, 2.24) is 15.1 Å². The molecule has 3 amide bonds. The third-order valence-electron chi connectivity index (χ3n) is 5.69. The van der Waals surface area contributed by atoms with Gasteiger partial charge in [0.05, 0.1) is 6.61 Å². The molecular formula is C20H29N3O3. The van der Waals surface area contributed by atoms with Crippen molar-refractivity contribution >= 4 is 11.9 Å². The molecule has 2 heterocycles. The monoisotopic (exact) mass is 359 g/mol. The largest absolute Gasteiger partial charge is 0.383 e. The van der Waals surface area contributed by atoms with Crippen LogP contribution in [0.2, 0.25) is 0 Å². The third kappa shape index (κ3) is 4.18. The molecule has 1 N–H and O–H groups in total. The van der Waals surface area contributed by atoms with Gasteiger partial charge in [0, 0.05) is 45.2 Å². The van der Waals surface area contributed by atoms with Crippen LogP contribution in [0.3, 0.4) is 0 Å². The maximum atomic E-state index is 12.6. The van der Waals surface area contributed by atoms with Crippen molar-refractivity contribution < 1.29 is 14.3 Å². The summed E-state index contributed by atoms with van der Waals surface area (Å²) in [6.07, 6.45) is 4.25. The second kappa shape index (κ2) is 8.54. The van der Waals surface area contributed by atoms with Crippen LogP contribution in [0, 0.1) is 0 Å². The second-order valence-electron chi connectivity index (χ2n) is 7.25. The van der Waals surface area contributed by atoms with Gasteiger partial charge in [0.2, 0.25) is 5.91 Å². The number of carbonyl (C=O) groups is 2. The van der Waals surface area contributed by atoms with E-state index in [4.69, 9.17) is 4.74 Å². The fourth-order valence-electron chi connectivity index (χ4n) is 4.21. The van der Waals surface area contributed by atoms with Crippen molar-refractivity contribution in [2.24, 2.45) is 0 Å². The molecule has 2 saturated heterocycles. The molecule has 0 saturated carbocycles. The Labute approximate surface area is 155 Å². The number of hydrogen-bond acceptors (Lipinski definition) is 3. The standard InChI is InChI=1S/C20H29N3O3/c1-26-15-14-23-18(24)8-10-20(23)9-5-12-22(13-11-20)19(25)21-16-17-6-3-2-4-7-17/h2-4,6-7H,5,8-16H2,1H3,(H,21,25)/t20-/m1/s1. The van der Waals surface area contributed by atoms with E-state index in [1.54, 1.807) is 7.11 Å². The fourth-order valence-corrected chi connectivity index (χ4v) is 4.21. The van der Waals surface area contributed by atoms with Crippen LogP contribution < -0.4 is 5.32 Å². The molecule has 1 atom stereocenters. The number of amides is 3. The third-order valence-corrected chi connectivity index (χ3v) is 5.69. The Morgan fingerprint density at radius 1 is 1.19 bits per heavy atom. The molecule has 1 aromatic rings. The molecule has 0 unspecified atom stereocenters. The van der Waals surface area contributed by atoms with Gasteiger partial charge in [-0.05, 0) is 31.2 Å². The minimum Gasteiger partial charge on any atom is -0.383 e. The quantitative estimate of drug-likeness (QED) is 0.878. The Bertz CT molecular complexity index is 622. The molecule has 6 nitrogen and oxygen atoms in total. The van der Waals surface area contributed by atoms with Crippen molar-refractivity contribution in [3.05, 3.63) is 35.9 Å². The van der Waals surface area contributed by atoms with Crippen LogP contribution in [0.4, 0.5) is 4.79 Å². The highest BCUT2D eigenvalue weighted by Crippen LogP contribution is 2.38. The number of methoxy groups -OCH3 is 1. The lowest BCUT2D eigenvalue weighted by Crippen LogP contribution is -2.48. The lowest BCUT2D eigenvalue weighted by atomic mass is 9.88. The predicted molar refractivity (Wildman–Crippen MR) is 99.7 cm³/mol. The molecule has 0 bridgehead atoms. The van der Waals surface area contributed by atoms with Gasteiger partial charge in [0.25, 0.3) is 0 Å². The molecule has 0 aliphatic carbocycles. The zero-order valence-corrected chi connectivity index (χ0v) is 15.6. The number of carbonyl (C=O) groups excluding carboxylic acids is 2. The van der Waals surface area contributed by atoms with Crippen LogP contribution >= 0.6 is 0 Å². The van der Waals surface area contributed by atoms with E-state index >= 15 is 0 Å². The summed E-state index contributed by atoms with van der Waals surface area (Å²) in [6.45, 7) is 3.19. The summed E-state index contributed by atoms with van der Waals surface area (Å²) in [5.74, 6) is 0.226. The Morgan fingerprint density at radius 2 is 2.00 bits per heavy atom. The van der Waals surface area contributed by atoms with Gasteiger partial charge >= 0.3 is 6.03 Å². The van der Waals surface area contributed by atoms with E-state index in [1.807, 2.05) is 40.1 Å². The zero-order chi connectivity index (χ0) is 18.4. The normalized spacial score (nSPS) is 23.3. The van der Waals surface area contributed by atoms with Gasteiger partial charge in [-0.25, -0.2) is 4.79 Å². The molecule has 2 aliphatic rings. The molecule has 0 aromatic heterocycles. The van der Waals surface area contributed by atoms with Gasteiger partial charge in [-0.1, -0.05) is 30.3 Å². The van der Waals surface area contributed by atoms with E-state index < -0.39 is 0 Å². The number of likely N-dealkylation sites (tertiary alicyclic amines) is 2. The summed E-state index contributed by atoms with van der Waals surface area (Å²) in [6, 6.07) is 9.92. The van der Waals surface area contributed by atoms with Crippen LogP contribution in [-0.2, 0) is 16.1 Å². The maximum absolute atomic E-state index is 12.6. The topological polar surface area (TPSA) is 61.9 Å². The van der Waals surface area contributed by atoms with Crippen LogP contribution in [0.1, 0.15) is 37.7 Å².